The van der Waals surface area contributed by atoms with Crippen LogP contribution >= 0.6 is 0 Å². The van der Waals surface area contributed by atoms with Crippen LogP contribution in [0.3, 0.4) is 0 Å². The van der Waals surface area contributed by atoms with Gasteiger partial charge in [0.05, 0.1) is 6.07 Å². The van der Waals surface area contributed by atoms with E-state index in [4.69, 9.17) is 5.26 Å². The average Bonchev–Trinajstić information content (AvgIpc) is 2.87. The van der Waals surface area contributed by atoms with Crippen LogP contribution in [0.5, 0.6) is 0 Å². The Kier molecular flexibility index (Phi) is 5.74. The maximum Gasteiger partial charge on any atom is 0.0622 e. The van der Waals surface area contributed by atoms with Gasteiger partial charge in [0.2, 0.25) is 0 Å². The van der Waals surface area contributed by atoms with Crippen LogP contribution in [0.2, 0.25) is 0 Å². The molecule has 0 aromatic rings. The van der Waals surface area contributed by atoms with Gasteiger partial charge in [0.25, 0.3) is 0 Å². The van der Waals surface area contributed by atoms with Crippen molar-refractivity contribution in [1.29, 1.82) is 5.26 Å². The molecule has 1 aliphatic rings. The minimum absolute atomic E-state index is 0.379. The van der Waals surface area contributed by atoms with Gasteiger partial charge in [0, 0.05) is 12.0 Å². The lowest BCUT2D eigenvalue weighted by atomic mass is 10.1. The Labute approximate surface area is 76.0 Å². The van der Waals surface area contributed by atoms with Crippen LogP contribution in [0.1, 0.15) is 46.5 Å². The second-order valence-corrected chi connectivity index (χ2v) is 2.97. The summed E-state index contributed by atoms with van der Waals surface area (Å²) < 4.78 is 0. The van der Waals surface area contributed by atoms with Crippen molar-refractivity contribution in [3.63, 3.8) is 0 Å². The molecule has 1 fully saturated rings. The third kappa shape index (κ3) is 3.73. The number of nitrogens with one attached hydrogen (secondary N) is 1. The van der Waals surface area contributed by atoms with Crippen molar-refractivity contribution in [3.8, 4) is 6.07 Å². The zero-order valence-electron chi connectivity index (χ0n) is 8.48. The highest BCUT2D eigenvalue weighted by atomic mass is 15.0. The van der Waals surface area contributed by atoms with Crippen LogP contribution in [-0.4, -0.2) is 12.1 Å². The topological polar surface area (TPSA) is 35.8 Å². The molecule has 1 rings (SSSR count). The van der Waals surface area contributed by atoms with Crippen molar-refractivity contribution < 1.29 is 0 Å². The Bertz CT molecular complexity index is 142. The van der Waals surface area contributed by atoms with Gasteiger partial charge in [0.1, 0.15) is 0 Å². The summed E-state index contributed by atoms with van der Waals surface area (Å²) in [6, 6.07) is 2.18. The van der Waals surface area contributed by atoms with Crippen molar-refractivity contribution >= 4 is 0 Å². The lowest BCUT2D eigenvalue weighted by molar-refractivity contribution is 0.484. The standard InChI is InChI=1S/C8H14N2.C2H6/c1-2-10-8(5-6-8)4-3-7-9;1-2/h10H,2-6H2,1H3;1-2H3. The molecule has 12 heavy (non-hydrogen) atoms. The zero-order chi connectivity index (χ0) is 9.45. The van der Waals surface area contributed by atoms with Gasteiger partial charge in [-0.15, -0.1) is 0 Å². The molecule has 2 nitrogen and oxygen atoms in total. The zero-order valence-corrected chi connectivity index (χ0v) is 8.48. The van der Waals surface area contributed by atoms with Crippen molar-refractivity contribution in [2.24, 2.45) is 0 Å². The van der Waals surface area contributed by atoms with Crippen LogP contribution in [0.25, 0.3) is 0 Å². The minimum Gasteiger partial charge on any atom is -0.311 e. The summed E-state index contributed by atoms with van der Waals surface area (Å²) in [5.41, 5.74) is 0.379. The van der Waals surface area contributed by atoms with Gasteiger partial charge in [-0.3, -0.25) is 0 Å². The maximum atomic E-state index is 8.35. The quantitative estimate of drug-likeness (QED) is 0.700. The van der Waals surface area contributed by atoms with Crippen LogP contribution < -0.4 is 5.32 Å². The predicted octanol–water partition coefficient (Wildman–Crippen LogP) is 2.46. The normalized spacial score (nSPS) is 17.2. The Morgan fingerprint density at radius 2 is 2.00 bits per heavy atom. The second kappa shape index (κ2) is 6.02. The van der Waals surface area contributed by atoms with Crippen LogP contribution in [0.4, 0.5) is 0 Å². The van der Waals surface area contributed by atoms with Gasteiger partial charge >= 0.3 is 0 Å². The maximum absolute atomic E-state index is 8.35. The van der Waals surface area contributed by atoms with E-state index < -0.39 is 0 Å². The molecule has 0 amide bonds. The van der Waals surface area contributed by atoms with E-state index in [0.29, 0.717) is 12.0 Å². The predicted molar refractivity (Wildman–Crippen MR) is 51.8 cm³/mol. The molecule has 0 aromatic carbocycles. The van der Waals surface area contributed by atoms with Crippen molar-refractivity contribution in [2.75, 3.05) is 6.54 Å². The van der Waals surface area contributed by atoms with Gasteiger partial charge in [-0.1, -0.05) is 20.8 Å². The van der Waals surface area contributed by atoms with E-state index in [1.54, 1.807) is 0 Å². The molecule has 70 valence electrons. The monoisotopic (exact) mass is 168 g/mol. The summed E-state index contributed by atoms with van der Waals surface area (Å²) in [6.07, 6.45) is 4.27. The van der Waals surface area contributed by atoms with Crippen molar-refractivity contribution in [2.45, 2.75) is 52.0 Å². The Morgan fingerprint density at radius 3 is 2.33 bits per heavy atom. The minimum atomic E-state index is 0.379. The van der Waals surface area contributed by atoms with Crippen LogP contribution in [0, 0.1) is 11.3 Å². The molecule has 1 aliphatic carbocycles. The van der Waals surface area contributed by atoms with E-state index in [-0.39, 0.29) is 0 Å². The number of nitrogens with zero attached hydrogens (tertiary/aromatic N) is 1. The third-order valence-corrected chi connectivity index (χ3v) is 2.12. The summed E-state index contributed by atoms with van der Waals surface area (Å²) >= 11 is 0. The fourth-order valence-electron chi connectivity index (χ4n) is 1.34. The summed E-state index contributed by atoms with van der Waals surface area (Å²) in [6.45, 7) is 7.15. The van der Waals surface area contributed by atoms with Gasteiger partial charge in [-0.05, 0) is 25.8 Å². The largest absolute Gasteiger partial charge is 0.311 e. The molecule has 1 saturated carbocycles. The van der Waals surface area contributed by atoms with E-state index in [1.807, 2.05) is 13.8 Å². The summed E-state index contributed by atoms with van der Waals surface area (Å²) in [7, 11) is 0. The van der Waals surface area contributed by atoms with E-state index in [0.717, 1.165) is 13.0 Å². The lowest BCUT2D eigenvalue weighted by Gasteiger charge is -2.12. The molecular weight excluding hydrogens is 148 g/mol. The molecule has 0 atom stereocenters. The number of hydrogen-bond acceptors (Lipinski definition) is 2. The van der Waals surface area contributed by atoms with Gasteiger partial charge in [0.15, 0.2) is 0 Å². The number of rotatable bonds is 4. The first-order chi connectivity index (χ1) is 5.83. The Hall–Kier alpha value is -0.550. The van der Waals surface area contributed by atoms with Crippen molar-refractivity contribution in [3.05, 3.63) is 0 Å². The molecule has 0 saturated heterocycles. The Morgan fingerprint density at radius 1 is 1.42 bits per heavy atom. The summed E-state index contributed by atoms with van der Waals surface area (Å²) in [5.74, 6) is 0. The van der Waals surface area contributed by atoms with Crippen LogP contribution in [-0.2, 0) is 0 Å². The molecule has 0 unspecified atom stereocenters. The molecule has 1 N–H and O–H groups in total. The summed E-state index contributed by atoms with van der Waals surface area (Å²) in [4.78, 5) is 0. The SMILES string of the molecule is CC.CCNC1(CCC#N)CC1. The number of hydrogen-bond donors (Lipinski definition) is 1. The average molecular weight is 168 g/mol. The molecule has 0 aromatic heterocycles. The molecule has 0 radical (unpaired) electrons. The van der Waals surface area contributed by atoms with Crippen LogP contribution in [0.15, 0.2) is 0 Å². The lowest BCUT2D eigenvalue weighted by Crippen LogP contribution is -2.30. The van der Waals surface area contributed by atoms with E-state index in [2.05, 4.69) is 18.3 Å². The molecule has 0 heterocycles. The first-order valence-electron chi connectivity index (χ1n) is 4.95. The molecule has 2 heteroatoms. The number of nitriles is 1. The first-order valence-corrected chi connectivity index (χ1v) is 4.95. The highest BCUT2D eigenvalue weighted by Gasteiger charge is 2.40. The van der Waals surface area contributed by atoms with Gasteiger partial charge in [-0.2, -0.15) is 5.26 Å². The third-order valence-electron chi connectivity index (χ3n) is 2.12. The highest BCUT2D eigenvalue weighted by molar-refractivity contribution is 5.02. The fraction of sp³-hybridized carbons (Fsp3) is 0.900. The van der Waals surface area contributed by atoms with E-state index >= 15 is 0 Å². The smallest absolute Gasteiger partial charge is 0.0622 e. The van der Waals surface area contributed by atoms with Gasteiger partial charge in [-0.25, -0.2) is 0 Å². The van der Waals surface area contributed by atoms with Gasteiger partial charge < -0.3 is 5.32 Å². The highest BCUT2D eigenvalue weighted by Crippen LogP contribution is 2.39. The second-order valence-electron chi connectivity index (χ2n) is 2.97. The molecular formula is C10H20N2. The van der Waals surface area contributed by atoms with E-state index in [1.165, 1.54) is 12.8 Å². The molecule has 0 aliphatic heterocycles. The van der Waals surface area contributed by atoms with E-state index in [9.17, 15) is 0 Å². The fourth-order valence-corrected chi connectivity index (χ4v) is 1.34. The Balaban J connectivity index is 0.000000561. The van der Waals surface area contributed by atoms with Crippen molar-refractivity contribution in [1.82, 2.24) is 5.32 Å². The first kappa shape index (κ1) is 11.4. The summed E-state index contributed by atoms with van der Waals surface area (Å²) in [5, 5.41) is 11.8. The molecule has 0 spiro atoms. The molecule has 0 bridgehead atoms.